The Hall–Kier alpha value is -3.02. The highest BCUT2D eigenvalue weighted by atomic mass is 16.5. The normalized spacial score (nSPS) is 11.4. The highest BCUT2D eigenvalue weighted by Crippen LogP contribution is 2.25. The monoisotopic (exact) mass is 370 g/mol. The molecule has 0 aromatic heterocycles. The maximum Gasteiger partial charge on any atom is 0.221 e. The van der Waals surface area contributed by atoms with E-state index in [0.717, 1.165) is 22.6 Å². The van der Waals surface area contributed by atoms with E-state index in [-0.39, 0.29) is 17.9 Å². The number of nitrogens with one attached hydrogen (secondary N) is 2. The van der Waals surface area contributed by atoms with Crippen molar-refractivity contribution >= 4 is 17.5 Å². The van der Waals surface area contributed by atoms with Crippen molar-refractivity contribution in [1.29, 1.82) is 0 Å². The number of anilines is 1. The molecule has 0 aliphatic heterocycles. The molecule has 0 fully saturated rings. The van der Waals surface area contributed by atoms with Gasteiger partial charge in [-0.3, -0.25) is 9.59 Å². The molecule has 0 spiro atoms. The van der Waals surface area contributed by atoms with E-state index in [0.29, 0.717) is 18.5 Å². The number of methoxy groups -OCH3 is 2. The molecule has 2 N–H and O–H groups in total. The van der Waals surface area contributed by atoms with E-state index < -0.39 is 0 Å². The molecule has 0 radical (unpaired) electrons. The van der Waals surface area contributed by atoms with Gasteiger partial charge >= 0.3 is 0 Å². The summed E-state index contributed by atoms with van der Waals surface area (Å²) in [4.78, 5) is 23.6. The van der Waals surface area contributed by atoms with Crippen LogP contribution in [0.4, 0.5) is 5.69 Å². The summed E-state index contributed by atoms with van der Waals surface area (Å²) < 4.78 is 10.6. The van der Waals surface area contributed by atoms with Crippen molar-refractivity contribution < 1.29 is 19.1 Å². The second kappa shape index (κ2) is 9.62. The van der Waals surface area contributed by atoms with Crippen molar-refractivity contribution in [3.05, 3.63) is 53.6 Å². The van der Waals surface area contributed by atoms with Crippen LogP contribution in [-0.2, 0) is 16.0 Å². The van der Waals surface area contributed by atoms with Gasteiger partial charge in [0.15, 0.2) is 0 Å². The first-order valence-electron chi connectivity index (χ1n) is 8.80. The second-order valence-corrected chi connectivity index (χ2v) is 6.27. The van der Waals surface area contributed by atoms with Gasteiger partial charge in [-0.05, 0) is 54.8 Å². The molecule has 1 atom stereocenters. The molecular weight excluding hydrogens is 344 g/mol. The molecular formula is C21H26N2O4. The Balaban J connectivity index is 1.97. The van der Waals surface area contributed by atoms with E-state index in [1.54, 1.807) is 14.2 Å². The molecule has 0 heterocycles. The first-order valence-corrected chi connectivity index (χ1v) is 8.80. The molecule has 6 heteroatoms. The van der Waals surface area contributed by atoms with Gasteiger partial charge in [-0.1, -0.05) is 12.1 Å². The summed E-state index contributed by atoms with van der Waals surface area (Å²) in [7, 11) is 3.21. The van der Waals surface area contributed by atoms with Crippen LogP contribution in [0, 0.1) is 0 Å². The van der Waals surface area contributed by atoms with Crippen LogP contribution in [-0.4, -0.2) is 26.0 Å². The number of benzene rings is 2. The van der Waals surface area contributed by atoms with Crippen LogP contribution < -0.4 is 20.1 Å². The van der Waals surface area contributed by atoms with Gasteiger partial charge in [0.05, 0.1) is 20.3 Å². The third-order valence-electron chi connectivity index (χ3n) is 4.19. The molecule has 0 saturated heterocycles. The predicted molar refractivity (Wildman–Crippen MR) is 105 cm³/mol. The van der Waals surface area contributed by atoms with Crippen LogP contribution in [0.5, 0.6) is 11.5 Å². The van der Waals surface area contributed by atoms with Crippen LogP contribution in [0.3, 0.4) is 0 Å². The Morgan fingerprint density at radius 1 is 1.07 bits per heavy atom. The van der Waals surface area contributed by atoms with Gasteiger partial charge in [0.2, 0.25) is 11.8 Å². The van der Waals surface area contributed by atoms with Gasteiger partial charge in [0, 0.05) is 19.0 Å². The van der Waals surface area contributed by atoms with Gasteiger partial charge in [-0.2, -0.15) is 0 Å². The van der Waals surface area contributed by atoms with E-state index in [9.17, 15) is 9.59 Å². The maximum atomic E-state index is 12.4. The van der Waals surface area contributed by atoms with Crippen molar-refractivity contribution in [2.75, 3.05) is 19.5 Å². The van der Waals surface area contributed by atoms with E-state index in [4.69, 9.17) is 9.47 Å². The molecule has 0 bridgehead atoms. The minimum atomic E-state index is -0.168. The summed E-state index contributed by atoms with van der Waals surface area (Å²) >= 11 is 0. The van der Waals surface area contributed by atoms with Crippen molar-refractivity contribution in [1.82, 2.24) is 5.32 Å². The molecule has 1 unspecified atom stereocenters. The number of amides is 2. The van der Waals surface area contributed by atoms with Crippen LogP contribution >= 0.6 is 0 Å². The smallest absolute Gasteiger partial charge is 0.221 e. The number of hydrogen-bond acceptors (Lipinski definition) is 4. The maximum absolute atomic E-state index is 12.4. The molecule has 0 aliphatic rings. The quantitative estimate of drug-likeness (QED) is 0.746. The molecule has 144 valence electrons. The summed E-state index contributed by atoms with van der Waals surface area (Å²) in [6, 6.07) is 12.8. The summed E-state index contributed by atoms with van der Waals surface area (Å²) in [5.74, 6) is 1.28. The number of hydrogen-bond donors (Lipinski definition) is 2. The molecule has 6 nitrogen and oxygen atoms in total. The second-order valence-electron chi connectivity index (χ2n) is 6.27. The summed E-state index contributed by atoms with van der Waals surface area (Å²) in [5.41, 5.74) is 2.56. The van der Waals surface area contributed by atoms with E-state index in [2.05, 4.69) is 10.6 Å². The van der Waals surface area contributed by atoms with Gasteiger partial charge in [-0.25, -0.2) is 0 Å². The van der Waals surface area contributed by atoms with E-state index >= 15 is 0 Å². The van der Waals surface area contributed by atoms with Gasteiger partial charge in [0.1, 0.15) is 11.5 Å². The third-order valence-corrected chi connectivity index (χ3v) is 4.19. The minimum absolute atomic E-state index is 0.0581. The zero-order chi connectivity index (χ0) is 19.8. The topological polar surface area (TPSA) is 76.7 Å². The molecule has 0 aliphatic carbocycles. The molecule has 2 aromatic carbocycles. The molecule has 2 rings (SSSR count). The summed E-state index contributed by atoms with van der Waals surface area (Å²) in [5, 5.41) is 5.74. The van der Waals surface area contributed by atoms with Crippen molar-refractivity contribution in [2.45, 2.75) is 32.7 Å². The zero-order valence-electron chi connectivity index (χ0n) is 16.2. The Bertz CT molecular complexity index is 805. The fourth-order valence-electron chi connectivity index (χ4n) is 2.81. The highest BCUT2D eigenvalue weighted by Gasteiger charge is 2.12. The lowest BCUT2D eigenvalue weighted by atomic mass is 10.1. The fraction of sp³-hybridized carbons (Fsp3) is 0.333. The Kier molecular flexibility index (Phi) is 7.23. The fourth-order valence-corrected chi connectivity index (χ4v) is 2.81. The Morgan fingerprint density at radius 3 is 2.52 bits per heavy atom. The van der Waals surface area contributed by atoms with Crippen molar-refractivity contribution in [2.24, 2.45) is 0 Å². The first kappa shape index (κ1) is 20.3. The van der Waals surface area contributed by atoms with Crippen molar-refractivity contribution in [3.63, 3.8) is 0 Å². The minimum Gasteiger partial charge on any atom is -0.497 e. The van der Waals surface area contributed by atoms with Gasteiger partial charge < -0.3 is 20.1 Å². The summed E-state index contributed by atoms with van der Waals surface area (Å²) in [6.07, 6.45) is 0.879. The predicted octanol–water partition coefficient (Wildman–Crippen LogP) is 3.47. The zero-order valence-corrected chi connectivity index (χ0v) is 16.2. The van der Waals surface area contributed by atoms with Crippen LogP contribution in [0.25, 0.3) is 0 Å². The van der Waals surface area contributed by atoms with Crippen LogP contribution in [0.15, 0.2) is 42.5 Å². The van der Waals surface area contributed by atoms with Gasteiger partial charge in [-0.15, -0.1) is 0 Å². The average Bonchev–Trinajstić information content (AvgIpc) is 2.65. The lowest BCUT2D eigenvalue weighted by Gasteiger charge is -2.16. The molecule has 2 aromatic rings. The SMILES string of the molecule is COc1ccc(OC)c(CCC(=O)NC(C)c2cccc(NC(C)=O)c2)c1. The van der Waals surface area contributed by atoms with Crippen LogP contribution in [0.2, 0.25) is 0 Å². The van der Waals surface area contributed by atoms with Crippen LogP contribution in [0.1, 0.15) is 37.4 Å². The summed E-state index contributed by atoms with van der Waals surface area (Å²) in [6.45, 7) is 3.38. The van der Waals surface area contributed by atoms with E-state index in [1.807, 2.05) is 49.4 Å². The average molecular weight is 370 g/mol. The molecule has 27 heavy (non-hydrogen) atoms. The van der Waals surface area contributed by atoms with Crippen molar-refractivity contribution in [3.8, 4) is 11.5 Å². The lowest BCUT2D eigenvalue weighted by molar-refractivity contribution is -0.121. The number of carbonyl (C=O) groups is 2. The van der Waals surface area contributed by atoms with Gasteiger partial charge in [0.25, 0.3) is 0 Å². The number of ether oxygens (including phenoxy) is 2. The van der Waals surface area contributed by atoms with E-state index in [1.165, 1.54) is 6.92 Å². The highest BCUT2D eigenvalue weighted by molar-refractivity contribution is 5.88. The number of aryl methyl sites for hydroxylation is 1. The number of carbonyl (C=O) groups excluding carboxylic acids is 2. The first-order chi connectivity index (χ1) is 12.9. The molecule has 2 amide bonds. The Morgan fingerprint density at radius 2 is 1.85 bits per heavy atom. The Labute approximate surface area is 159 Å². The largest absolute Gasteiger partial charge is 0.497 e. The molecule has 0 saturated carbocycles. The standard InChI is InChI=1S/C21H26N2O4/c1-14(16-6-5-7-18(12-16)23-15(2)24)22-21(25)11-8-17-13-19(26-3)9-10-20(17)27-4/h5-7,9-10,12-14H,8,11H2,1-4H3,(H,22,25)(H,23,24). The lowest BCUT2D eigenvalue weighted by Crippen LogP contribution is -2.27. The number of rotatable bonds is 8. The third kappa shape index (κ3) is 6.02.